The molecule has 0 amide bonds. The van der Waals surface area contributed by atoms with Crippen molar-refractivity contribution in [1.82, 2.24) is 10.2 Å². The van der Waals surface area contributed by atoms with E-state index in [1.807, 2.05) is 39.5 Å². The van der Waals surface area contributed by atoms with Gasteiger partial charge in [-0.1, -0.05) is 37.1 Å². The zero-order chi connectivity index (χ0) is 23.5. The highest BCUT2D eigenvalue weighted by atomic mass is 16.5. The zero-order valence-electron chi connectivity index (χ0n) is 20.4. The molecule has 1 heterocycles. The van der Waals surface area contributed by atoms with Crippen LogP contribution in [0.5, 0.6) is 0 Å². The van der Waals surface area contributed by atoms with E-state index in [0.717, 1.165) is 61.4 Å². The zero-order valence-corrected chi connectivity index (χ0v) is 20.4. The van der Waals surface area contributed by atoms with Crippen molar-refractivity contribution in [2.45, 2.75) is 37.8 Å². The molecule has 0 aliphatic carbocycles. The molecule has 0 saturated carbocycles. The van der Waals surface area contributed by atoms with Gasteiger partial charge in [0.2, 0.25) is 0 Å². The highest BCUT2D eigenvalue weighted by Gasteiger charge is 2.23. The van der Waals surface area contributed by atoms with E-state index in [1.165, 1.54) is 0 Å². The van der Waals surface area contributed by atoms with Crippen LogP contribution < -0.4 is 15.1 Å². The van der Waals surface area contributed by atoms with E-state index >= 15 is 0 Å². The second-order valence-corrected chi connectivity index (χ2v) is 8.43. The molecule has 5 nitrogen and oxygen atoms in total. The molecule has 0 bridgehead atoms. The van der Waals surface area contributed by atoms with Crippen LogP contribution in [0.15, 0.2) is 55.9 Å². The number of hydrogen-bond donors (Lipinski definition) is 1. The van der Waals surface area contributed by atoms with Crippen LogP contribution in [0.2, 0.25) is 0 Å². The normalized spacial score (nSPS) is 15.2. The Bertz CT molecular complexity index is 828. The predicted octanol–water partition coefficient (Wildman–Crippen LogP) is 4.23. The van der Waals surface area contributed by atoms with Gasteiger partial charge in [0.05, 0.1) is 29.1 Å². The van der Waals surface area contributed by atoms with E-state index in [-0.39, 0.29) is 6.04 Å². The molecule has 1 atom stereocenters. The van der Waals surface area contributed by atoms with Crippen molar-refractivity contribution in [3.8, 4) is 11.8 Å². The van der Waals surface area contributed by atoms with E-state index in [9.17, 15) is 0 Å². The summed E-state index contributed by atoms with van der Waals surface area (Å²) in [5, 5.41) is 3.22. The molecule has 0 spiro atoms. The molecule has 1 unspecified atom stereocenters. The van der Waals surface area contributed by atoms with Crippen molar-refractivity contribution in [1.29, 1.82) is 0 Å². The molecular weight excluding hydrogens is 396 g/mol. The second-order valence-electron chi connectivity index (χ2n) is 8.43. The number of nitrogens with zero attached hydrogens (tertiary/aromatic N) is 3. The first-order valence-corrected chi connectivity index (χ1v) is 11.4. The molecule has 1 aliphatic heterocycles. The van der Waals surface area contributed by atoms with Gasteiger partial charge in [0.15, 0.2) is 0 Å². The van der Waals surface area contributed by atoms with E-state index in [4.69, 9.17) is 4.74 Å². The maximum absolute atomic E-state index is 6.01. The quantitative estimate of drug-likeness (QED) is 0.414. The number of nitrogens with one attached hydrogen (secondary N) is 1. The lowest BCUT2D eigenvalue weighted by molar-refractivity contribution is 0.0306. The Morgan fingerprint density at radius 2 is 2.03 bits per heavy atom. The molecular formula is C27H40N4O. The Kier molecular flexibility index (Phi) is 10.4. The van der Waals surface area contributed by atoms with Crippen LogP contribution in [-0.4, -0.2) is 64.9 Å². The third-order valence-electron chi connectivity index (χ3n) is 5.92. The maximum atomic E-state index is 6.01. The lowest BCUT2D eigenvalue weighted by Crippen LogP contribution is -2.37. The lowest BCUT2D eigenvalue weighted by Gasteiger charge is -2.35. The second kappa shape index (κ2) is 13.0. The number of benzene rings is 1. The molecule has 1 aliphatic rings. The summed E-state index contributed by atoms with van der Waals surface area (Å²) in [6, 6.07) is 6.29. The molecule has 0 radical (unpaired) electrons. The van der Waals surface area contributed by atoms with Crippen LogP contribution in [0.3, 0.4) is 0 Å². The van der Waals surface area contributed by atoms with Crippen molar-refractivity contribution in [3.05, 3.63) is 61.5 Å². The molecule has 1 saturated heterocycles. The number of likely N-dealkylation sites (N-methyl/N-ethyl adjacent to an activating group) is 1. The number of hydrogen-bond acceptors (Lipinski definition) is 5. The third-order valence-corrected chi connectivity index (χ3v) is 5.92. The maximum Gasteiger partial charge on any atom is 0.108 e. The average molecular weight is 437 g/mol. The van der Waals surface area contributed by atoms with Gasteiger partial charge >= 0.3 is 0 Å². The highest BCUT2D eigenvalue weighted by Crippen LogP contribution is 2.35. The first kappa shape index (κ1) is 25.6. The minimum Gasteiger partial charge on any atom is -0.390 e. The van der Waals surface area contributed by atoms with Crippen molar-refractivity contribution < 1.29 is 4.74 Å². The first-order valence-electron chi connectivity index (χ1n) is 11.4. The van der Waals surface area contributed by atoms with Gasteiger partial charge in [0, 0.05) is 39.9 Å². The largest absolute Gasteiger partial charge is 0.390 e. The molecule has 2 rings (SSSR count). The predicted molar refractivity (Wildman–Crippen MR) is 138 cm³/mol. The number of anilines is 2. The fourth-order valence-corrected chi connectivity index (χ4v) is 4.07. The molecule has 5 heteroatoms. The van der Waals surface area contributed by atoms with Crippen LogP contribution in [0.25, 0.3) is 0 Å². The van der Waals surface area contributed by atoms with Crippen molar-refractivity contribution in [2.24, 2.45) is 0 Å². The van der Waals surface area contributed by atoms with E-state index in [0.29, 0.717) is 12.7 Å². The van der Waals surface area contributed by atoms with Crippen LogP contribution in [-0.2, 0) is 4.74 Å². The standard InChI is InChI=1S/C27H40N4O/c1-8-10-15-25(22(3)28-4)31(9-2)26-16-11-13-23(27(26)29(5)6)14-12-21-32-24-17-19-30(7)20-18-24/h8-9,11,13,16,24-25,28H,1-3,10,15,17-21H2,4-7H3. The van der Waals surface area contributed by atoms with Crippen molar-refractivity contribution in [2.75, 3.05) is 57.7 Å². The Balaban J connectivity index is 2.27. The summed E-state index contributed by atoms with van der Waals surface area (Å²) in [6.45, 7) is 14.8. The van der Waals surface area contributed by atoms with Gasteiger partial charge in [-0.3, -0.25) is 0 Å². The van der Waals surface area contributed by atoms with Gasteiger partial charge in [-0.15, -0.1) is 6.58 Å². The summed E-state index contributed by atoms with van der Waals surface area (Å²) in [5.41, 5.74) is 4.04. The molecule has 1 N–H and O–H groups in total. The topological polar surface area (TPSA) is 31.0 Å². The van der Waals surface area contributed by atoms with Crippen LogP contribution in [0.1, 0.15) is 31.2 Å². The van der Waals surface area contributed by atoms with Gasteiger partial charge in [-0.25, -0.2) is 0 Å². The van der Waals surface area contributed by atoms with E-state index < -0.39 is 0 Å². The van der Waals surface area contributed by atoms with Gasteiger partial charge in [0.25, 0.3) is 0 Å². The highest BCUT2D eigenvalue weighted by molar-refractivity contribution is 5.79. The Morgan fingerprint density at radius 1 is 1.31 bits per heavy atom. The number of allylic oxidation sites excluding steroid dienone is 1. The Hall–Kier alpha value is -2.68. The number of para-hydroxylation sites is 1. The van der Waals surface area contributed by atoms with Crippen LogP contribution in [0, 0.1) is 11.8 Å². The average Bonchev–Trinajstić information content (AvgIpc) is 2.79. The van der Waals surface area contributed by atoms with Gasteiger partial charge in [-0.2, -0.15) is 0 Å². The van der Waals surface area contributed by atoms with Crippen molar-refractivity contribution >= 4 is 11.4 Å². The summed E-state index contributed by atoms with van der Waals surface area (Å²) in [4.78, 5) is 6.63. The van der Waals surface area contributed by atoms with Crippen molar-refractivity contribution in [3.63, 3.8) is 0 Å². The number of piperidine rings is 1. The summed E-state index contributed by atoms with van der Waals surface area (Å²) in [7, 11) is 8.16. The van der Waals surface area contributed by atoms with Crippen LogP contribution in [0.4, 0.5) is 11.4 Å². The summed E-state index contributed by atoms with van der Waals surface area (Å²) in [6.07, 6.45) is 8.06. The Morgan fingerprint density at radius 3 is 2.62 bits per heavy atom. The van der Waals surface area contributed by atoms with Crippen LogP contribution >= 0.6 is 0 Å². The molecule has 1 aromatic carbocycles. The number of rotatable bonds is 11. The third kappa shape index (κ3) is 6.91. The van der Waals surface area contributed by atoms with E-state index in [1.54, 1.807) is 0 Å². The SMILES string of the molecule is C=CCCC(C(=C)NC)N(C=C)c1cccc(C#CCOC2CCN(C)CC2)c1N(C)C. The summed E-state index contributed by atoms with van der Waals surface area (Å²) >= 11 is 0. The van der Waals surface area contributed by atoms with Gasteiger partial charge in [0.1, 0.15) is 6.61 Å². The minimum atomic E-state index is 0.0603. The monoisotopic (exact) mass is 436 g/mol. The molecule has 32 heavy (non-hydrogen) atoms. The molecule has 0 aromatic heterocycles. The fourth-order valence-electron chi connectivity index (χ4n) is 4.07. The molecule has 174 valence electrons. The van der Waals surface area contributed by atoms with E-state index in [2.05, 4.69) is 70.8 Å². The first-order chi connectivity index (χ1) is 15.4. The van der Waals surface area contributed by atoms with Gasteiger partial charge < -0.3 is 24.8 Å². The molecule has 1 fully saturated rings. The summed E-state index contributed by atoms with van der Waals surface area (Å²) < 4.78 is 6.01. The number of likely N-dealkylation sites (tertiary alicyclic amines) is 1. The van der Waals surface area contributed by atoms with Gasteiger partial charge in [-0.05, 0) is 51.1 Å². The Labute approximate surface area is 195 Å². The fraction of sp³-hybridized carbons (Fsp3) is 0.481. The number of ether oxygens (including phenoxy) is 1. The minimum absolute atomic E-state index is 0.0603. The lowest BCUT2D eigenvalue weighted by atomic mass is 10.0. The smallest absolute Gasteiger partial charge is 0.108 e. The summed E-state index contributed by atoms with van der Waals surface area (Å²) in [5.74, 6) is 6.58. The molecule has 1 aromatic rings.